The Bertz CT molecular complexity index is 792. The highest BCUT2D eigenvalue weighted by atomic mass is 32.2. The van der Waals surface area contributed by atoms with E-state index in [0.29, 0.717) is 17.1 Å². The fraction of sp³-hybridized carbons (Fsp3) is 0.0667. The summed E-state index contributed by atoms with van der Waals surface area (Å²) in [6.07, 6.45) is 1.39. The Morgan fingerprint density at radius 2 is 1.80 bits per heavy atom. The molecular weight excluding hydrogens is 344 g/mol. The molecule has 9 nitrogen and oxygen atoms in total. The topological polar surface area (TPSA) is 161 Å². The summed E-state index contributed by atoms with van der Waals surface area (Å²) in [5, 5.41) is 13.8. The van der Waals surface area contributed by atoms with E-state index in [-0.39, 0.29) is 22.3 Å². The number of thioether (sulfide) groups is 1. The molecule has 1 aromatic carbocycles. The first kappa shape index (κ1) is 18.2. The van der Waals surface area contributed by atoms with Crippen LogP contribution in [0.1, 0.15) is 20.7 Å². The van der Waals surface area contributed by atoms with Gasteiger partial charge in [-0.1, -0.05) is 11.8 Å². The van der Waals surface area contributed by atoms with Crippen LogP contribution < -0.4 is 22.4 Å². The molecule has 0 amide bonds. The maximum Gasteiger partial charge on any atom is 0.335 e. The first-order valence-electron chi connectivity index (χ1n) is 6.96. The van der Waals surface area contributed by atoms with Gasteiger partial charge in [0, 0.05) is 11.8 Å². The third-order valence-corrected chi connectivity index (χ3v) is 4.12. The van der Waals surface area contributed by atoms with Crippen molar-refractivity contribution < 1.29 is 14.7 Å². The predicted molar refractivity (Wildman–Crippen MR) is 97.1 cm³/mol. The number of hydrazine groups is 1. The molecule has 0 saturated heterocycles. The zero-order valence-electron chi connectivity index (χ0n) is 13.0. The number of nitrogen functional groups attached to an aromatic ring is 1. The lowest BCUT2D eigenvalue weighted by Crippen LogP contribution is -2.37. The number of carboxylic acid groups (broad SMARTS) is 1. The number of pyridine rings is 1. The third kappa shape index (κ3) is 4.68. The number of aromatic carboxylic acids is 1. The van der Waals surface area contributed by atoms with Gasteiger partial charge < -0.3 is 16.7 Å². The van der Waals surface area contributed by atoms with Crippen LogP contribution in [-0.4, -0.2) is 32.8 Å². The molecule has 0 atom stereocenters. The van der Waals surface area contributed by atoms with Crippen LogP contribution >= 0.6 is 11.8 Å². The van der Waals surface area contributed by atoms with Gasteiger partial charge in [0.2, 0.25) is 5.17 Å². The minimum atomic E-state index is -1.04. The van der Waals surface area contributed by atoms with Gasteiger partial charge >= 0.3 is 5.97 Å². The number of nitrogens with two attached hydrogens (primary N) is 3. The lowest BCUT2D eigenvalue weighted by Gasteiger charge is -2.19. The van der Waals surface area contributed by atoms with Gasteiger partial charge in [-0.3, -0.25) is 9.80 Å². The van der Waals surface area contributed by atoms with Crippen molar-refractivity contribution in [3.63, 3.8) is 0 Å². The van der Waals surface area contributed by atoms with E-state index in [2.05, 4.69) is 10.1 Å². The zero-order valence-corrected chi connectivity index (χ0v) is 13.8. The summed E-state index contributed by atoms with van der Waals surface area (Å²) in [7, 11) is 0. The van der Waals surface area contributed by atoms with Crippen molar-refractivity contribution in [2.75, 3.05) is 16.5 Å². The monoisotopic (exact) mass is 360 g/mol. The molecule has 7 N–H and O–H groups in total. The molecule has 0 aliphatic heterocycles. The number of anilines is 2. The second-order valence-corrected chi connectivity index (χ2v) is 5.76. The highest BCUT2D eigenvalue weighted by Gasteiger charge is 2.15. The molecule has 10 heteroatoms. The number of carbonyl (C=O) groups excluding carboxylic acids is 1. The number of carbonyl (C=O) groups is 2. The van der Waals surface area contributed by atoms with Gasteiger partial charge in [0.15, 0.2) is 5.78 Å². The van der Waals surface area contributed by atoms with E-state index >= 15 is 0 Å². The average Bonchev–Trinajstić information content (AvgIpc) is 2.62. The Morgan fingerprint density at radius 3 is 2.32 bits per heavy atom. The molecule has 0 bridgehead atoms. The molecule has 0 saturated carbocycles. The number of hydrogen-bond acceptors (Lipinski definition) is 8. The molecule has 0 radical (unpaired) electrons. The van der Waals surface area contributed by atoms with E-state index in [1.807, 2.05) is 0 Å². The van der Waals surface area contributed by atoms with Gasteiger partial charge in [-0.05, 0) is 36.4 Å². The molecular formula is C15H16N6O3S. The van der Waals surface area contributed by atoms with Gasteiger partial charge in [-0.25, -0.2) is 15.6 Å². The highest BCUT2D eigenvalue weighted by Crippen LogP contribution is 2.18. The molecule has 2 aromatic rings. The third-order valence-electron chi connectivity index (χ3n) is 3.15. The van der Waals surface area contributed by atoms with Crippen LogP contribution in [0.3, 0.4) is 0 Å². The summed E-state index contributed by atoms with van der Waals surface area (Å²) in [5.41, 5.74) is 6.49. The fourth-order valence-corrected chi connectivity index (χ4v) is 2.57. The molecule has 1 heterocycles. The first-order chi connectivity index (χ1) is 11.9. The number of nitrogens with zero attached hydrogens (tertiary/aromatic N) is 3. The smallest absolute Gasteiger partial charge is 0.335 e. The largest absolute Gasteiger partial charge is 0.478 e. The van der Waals surface area contributed by atoms with Crippen LogP contribution in [0.5, 0.6) is 0 Å². The quantitative estimate of drug-likeness (QED) is 0.199. The minimum Gasteiger partial charge on any atom is -0.478 e. The van der Waals surface area contributed by atoms with Crippen LogP contribution in [0, 0.1) is 0 Å². The molecule has 0 spiro atoms. The Morgan fingerprint density at radius 1 is 1.16 bits per heavy atom. The van der Waals surface area contributed by atoms with E-state index in [4.69, 9.17) is 22.5 Å². The number of hydrazone groups is 1. The highest BCUT2D eigenvalue weighted by molar-refractivity contribution is 8.14. The van der Waals surface area contributed by atoms with Crippen molar-refractivity contribution >= 4 is 40.2 Å². The summed E-state index contributed by atoms with van der Waals surface area (Å²) in [5.74, 6) is 10.4. The Balaban J connectivity index is 2.02. The van der Waals surface area contributed by atoms with Crippen LogP contribution in [0.15, 0.2) is 47.7 Å². The van der Waals surface area contributed by atoms with Gasteiger partial charge in [0.05, 0.1) is 17.0 Å². The molecule has 25 heavy (non-hydrogen) atoms. The van der Waals surface area contributed by atoms with Crippen LogP contribution in [0.25, 0.3) is 0 Å². The summed E-state index contributed by atoms with van der Waals surface area (Å²) in [6, 6.07) is 8.95. The molecule has 0 aliphatic rings. The number of Topliss-reactive ketones (excluding diaryl/α,β-unsaturated/α-hetero) is 1. The number of aromatic nitrogens is 1. The maximum atomic E-state index is 12.1. The molecule has 0 fully saturated rings. The Labute approximate surface area is 147 Å². The number of amidine groups is 1. The SMILES string of the molecule is N/N=C(/SCC(=O)c1ccc(N)nc1)N(N)c1ccc(C(=O)O)cc1. The van der Waals surface area contributed by atoms with E-state index in [9.17, 15) is 9.59 Å². The van der Waals surface area contributed by atoms with E-state index in [1.54, 1.807) is 6.07 Å². The molecule has 130 valence electrons. The normalized spacial score (nSPS) is 11.2. The van der Waals surface area contributed by atoms with Crippen molar-refractivity contribution in [3.05, 3.63) is 53.7 Å². The van der Waals surface area contributed by atoms with Gasteiger partial charge in [0.25, 0.3) is 0 Å². The first-order valence-corrected chi connectivity index (χ1v) is 7.94. The van der Waals surface area contributed by atoms with Crippen molar-refractivity contribution in [2.45, 2.75) is 0 Å². The number of hydrogen-bond donors (Lipinski definition) is 4. The van der Waals surface area contributed by atoms with Crippen LogP contribution in [-0.2, 0) is 0 Å². The summed E-state index contributed by atoms with van der Waals surface area (Å²) in [6.45, 7) is 0. The maximum absolute atomic E-state index is 12.1. The van der Waals surface area contributed by atoms with Gasteiger partial charge in [-0.15, -0.1) is 0 Å². The lowest BCUT2D eigenvalue weighted by molar-refractivity contribution is 0.0696. The van der Waals surface area contributed by atoms with Crippen molar-refractivity contribution in [1.82, 2.24) is 4.98 Å². The average molecular weight is 360 g/mol. The predicted octanol–water partition coefficient (Wildman–Crippen LogP) is 0.888. The van der Waals surface area contributed by atoms with E-state index in [0.717, 1.165) is 11.8 Å². The Kier molecular flexibility index (Phi) is 5.93. The molecule has 0 unspecified atom stereocenters. The number of carboxylic acids is 1. The van der Waals surface area contributed by atoms with Crippen molar-refractivity contribution in [3.8, 4) is 0 Å². The van der Waals surface area contributed by atoms with Crippen molar-refractivity contribution in [2.24, 2.45) is 16.8 Å². The molecule has 0 aliphatic carbocycles. The number of rotatable bonds is 5. The number of benzene rings is 1. The Hall–Kier alpha value is -3.11. The molecule has 1 aromatic heterocycles. The minimum absolute atomic E-state index is 0.0442. The zero-order chi connectivity index (χ0) is 18.4. The van der Waals surface area contributed by atoms with E-state index < -0.39 is 5.97 Å². The van der Waals surface area contributed by atoms with Gasteiger partial charge in [0.1, 0.15) is 5.82 Å². The summed E-state index contributed by atoms with van der Waals surface area (Å²) < 4.78 is 0. The van der Waals surface area contributed by atoms with Gasteiger partial charge in [-0.2, -0.15) is 5.10 Å². The van der Waals surface area contributed by atoms with Crippen LogP contribution in [0.2, 0.25) is 0 Å². The summed E-state index contributed by atoms with van der Waals surface area (Å²) in [4.78, 5) is 26.9. The van der Waals surface area contributed by atoms with E-state index in [1.165, 1.54) is 41.5 Å². The summed E-state index contributed by atoms with van der Waals surface area (Å²) >= 11 is 1.04. The van der Waals surface area contributed by atoms with Crippen molar-refractivity contribution in [1.29, 1.82) is 0 Å². The molecule has 2 rings (SSSR count). The fourth-order valence-electron chi connectivity index (χ4n) is 1.83. The van der Waals surface area contributed by atoms with Crippen LogP contribution in [0.4, 0.5) is 11.5 Å². The standard InChI is InChI=1S/C15H16N6O3S/c16-13-6-3-10(7-19-13)12(22)8-25-15(20-17)21(18)11-4-1-9(2-5-11)14(23)24/h1-7H,8,17-18H2,(H2,16,19)(H,23,24)/b20-15+. The number of ketones is 1. The lowest BCUT2D eigenvalue weighted by atomic mass is 10.2. The second kappa shape index (κ2) is 8.13. The second-order valence-electron chi connectivity index (χ2n) is 4.82.